The van der Waals surface area contributed by atoms with E-state index in [1.807, 2.05) is 0 Å². The smallest absolute Gasteiger partial charge is 0.0540 e. The van der Waals surface area contributed by atoms with Crippen LogP contribution in [0, 0.1) is 0 Å². The molecule has 0 unspecified atom stereocenters. The van der Waals surface area contributed by atoms with E-state index in [0.717, 1.165) is 11.4 Å². The topological polar surface area (TPSA) is 3.24 Å². The predicted molar refractivity (Wildman–Crippen MR) is 214 cm³/mol. The first-order chi connectivity index (χ1) is 24.5. The lowest BCUT2D eigenvalue weighted by atomic mass is 9.82. The first-order valence-corrected chi connectivity index (χ1v) is 17.5. The highest BCUT2D eigenvalue weighted by molar-refractivity contribution is 6.19. The van der Waals surface area contributed by atoms with Crippen molar-refractivity contribution in [2.24, 2.45) is 0 Å². The highest BCUT2D eigenvalue weighted by atomic mass is 15.1. The van der Waals surface area contributed by atoms with Crippen LogP contribution >= 0.6 is 0 Å². The minimum absolute atomic E-state index is 0.101. The Morgan fingerprint density at radius 3 is 1.90 bits per heavy atom. The van der Waals surface area contributed by atoms with Crippen molar-refractivity contribution in [3.63, 3.8) is 0 Å². The molecule has 1 nitrogen and oxygen atoms in total. The number of hydrogen-bond acceptors (Lipinski definition) is 1. The second-order valence-electron chi connectivity index (χ2n) is 14.2. The normalized spacial score (nSPS) is 13.2. The second kappa shape index (κ2) is 10.9. The largest absolute Gasteiger partial charge is 0.310 e. The van der Waals surface area contributed by atoms with Gasteiger partial charge in [0.25, 0.3) is 0 Å². The van der Waals surface area contributed by atoms with Crippen LogP contribution in [0.3, 0.4) is 0 Å². The molecule has 0 spiro atoms. The maximum absolute atomic E-state index is 2.47. The van der Waals surface area contributed by atoms with Crippen molar-refractivity contribution in [3.05, 3.63) is 187 Å². The van der Waals surface area contributed by atoms with Gasteiger partial charge >= 0.3 is 0 Å². The van der Waals surface area contributed by atoms with Gasteiger partial charge in [0.2, 0.25) is 0 Å². The summed E-state index contributed by atoms with van der Waals surface area (Å²) in [6.07, 6.45) is 0. The van der Waals surface area contributed by atoms with Gasteiger partial charge in [-0.05, 0) is 107 Å². The number of nitrogens with zero attached hydrogens (tertiary/aromatic N) is 1. The van der Waals surface area contributed by atoms with Crippen LogP contribution in [-0.4, -0.2) is 0 Å². The van der Waals surface area contributed by atoms with Gasteiger partial charge in [-0.3, -0.25) is 0 Å². The second-order valence-corrected chi connectivity index (χ2v) is 14.2. The molecule has 236 valence electrons. The average Bonchev–Trinajstić information content (AvgIpc) is 3.40. The first-order valence-electron chi connectivity index (χ1n) is 17.5. The molecule has 0 radical (unpaired) electrons. The molecular formula is C49H35N. The van der Waals surface area contributed by atoms with Crippen molar-refractivity contribution in [2.45, 2.75) is 19.3 Å². The fourth-order valence-corrected chi connectivity index (χ4v) is 8.49. The van der Waals surface area contributed by atoms with Gasteiger partial charge in [0.15, 0.2) is 0 Å². The van der Waals surface area contributed by atoms with E-state index in [1.165, 1.54) is 82.2 Å². The van der Waals surface area contributed by atoms with Gasteiger partial charge in [-0.1, -0.05) is 153 Å². The van der Waals surface area contributed by atoms with Crippen LogP contribution in [0.4, 0.5) is 17.1 Å². The molecule has 0 bridgehead atoms. The number of rotatable bonds is 4. The van der Waals surface area contributed by atoms with E-state index in [4.69, 9.17) is 0 Å². The highest BCUT2D eigenvalue weighted by Crippen LogP contribution is 2.51. The van der Waals surface area contributed by atoms with Crippen LogP contribution in [-0.2, 0) is 5.41 Å². The quantitative estimate of drug-likeness (QED) is 0.174. The molecule has 1 aliphatic carbocycles. The van der Waals surface area contributed by atoms with E-state index in [-0.39, 0.29) is 5.41 Å². The first kappa shape index (κ1) is 28.8. The molecule has 10 rings (SSSR count). The van der Waals surface area contributed by atoms with Gasteiger partial charge in [-0.15, -0.1) is 0 Å². The summed E-state index contributed by atoms with van der Waals surface area (Å²) in [5.74, 6) is 0. The van der Waals surface area contributed by atoms with Crippen LogP contribution in [0.25, 0.3) is 65.3 Å². The summed E-state index contributed by atoms with van der Waals surface area (Å²) >= 11 is 0. The van der Waals surface area contributed by atoms with Crippen molar-refractivity contribution in [1.82, 2.24) is 0 Å². The summed E-state index contributed by atoms with van der Waals surface area (Å²) in [4.78, 5) is 2.47. The summed E-state index contributed by atoms with van der Waals surface area (Å²) in [5.41, 5.74) is 11.2. The molecule has 0 fully saturated rings. The van der Waals surface area contributed by atoms with Crippen molar-refractivity contribution >= 4 is 60.2 Å². The summed E-state index contributed by atoms with van der Waals surface area (Å²) in [6, 6.07) is 65.1. The lowest BCUT2D eigenvalue weighted by Gasteiger charge is -2.29. The van der Waals surface area contributed by atoms with Crippen molar-refractivity contribution in [1.29, 1.82) is 0 Å². The minimum atomic E-state index is -0.101. The van der Waals surface area contributed by atoms with Crippen LogP contribution < -0.4 is 4.90 Å². The van der Waals surface area contributed by atoms with E-state index < -0.39 is 0 Å². The summed E-state index contributed by atoms with van der Waals surface area (Å²) in [6.45, 7) is 4.72. The van der Waals surface area contributed by atoms with Crippen molar-refractivity contribution in [2.75, 3.05) is 4.90 Å². The minimum Gasteiger partial charge on any atom is -0.310 e. The van der Waals surface area contributed by atoms with E-state index in [0.29, 0.717) is 0 Å². The fourth-order valence-electron chi connectivity index (χ4n) is 8.49. The van der Waals surface area contributed by atoms with Crippen molar-refractivity contribution in [3.8, 4) is 22.3 Å². The molecule has 0 atom stereocenters. The van der Waals surface area contributed by atoms with E-state index in [9.17, 15) is 0 Å². The van der Waals surface area contributed by atoms with Gasteiger partial charge in [-0.25, -0.2) is 0 Å². The Balaban J connectivity index is 1.21. The third kappa shape index (κ3) is 4.33. The van der Waals surface area contributed by atoms with Crippen LogP contribution in [0.2, 0.25) is 0 Å². The Kier molecular flexibility index (Phi) is 6.29. The molecule has 1 aliphatic rings. The third-order valence-corrected chi connectivity index (χ3v) is 11.0. The van der Waals surface area contributed by atoms with Crippen LogP contribution in [0.5, 0.6) is 0 Å². The molecule has 9 aromatic rings. The van der Waals surface area contributed by atoms with E-state index in [2.05, 4.69) is 195 Å². The van der Waals surface area contributed by atoms with Gasteiger partial charge in [0, 0.05) is 22.2 Å². The Labute approximate surface area is 292 Å². The van der Waals surface area contributed by atoms with Gasteiger partial charge in [0.1, 0.15) is 0 Å². The summed E-state index contributed by atoms with van der Waals surface area (Å²) < 4.78 is 0. The maximum atomic E-state index is 2.47. The molecular weight excluding hydrogens is 603 g/mol. The molecule has 9 aromatic carbocycles. The summed E-state index contributed by atoms with van der Waals surface area (Å²) in [5, 5.41) is 10.1. The number of benzene rings is 9. The predicted octanol–water partition coefficient (Wildman–Crippen LogP) is 13.7. The standard InChI is InChI=1S/C49H35N/c1-49(2)46-19-8-7-17-43(46)44-26-24-38(31-47(44)49)50(37-15-9-14-35(30-37)36-22-21-32-11-3-4-13-34(32)29-36)48-20-10-18-40-42-25-23-33-12-5-6-16-39(33)41(42)27-28-45(40)48/h3-31H,1-2H3. The molecule has 0 aromatic heterocycles. The zero-order valence-corrected chi connectivity index (χ0v) is 28.2. The fraction of sp³-hybridized carbons (Fsp3) is 0.0612. The van der Waals surface area contributed by atoms with Gasteiger partial charge < -0.3 is 4.90 Å². The molecule has 0 amide bonds. The average molecular weight is 638 g/mol. The third-order valence-electron chi connectivity index (χ3n) is 11.0. The Hall–Kier alpha value is -6.18. The number of hydrogen-bond donors (Lipinski definition) is 0. The van der Waals surface area contributed by atoms with E-state index in [1.54, 1.807) is 0 Å². The lowest BCUT2D eigenvalue weighted by molar-refractivity contribution is 0.660. The summed E-state index contributed by atoms with van der Waals surface area (Å²) in [7, 11) is 0. The highest BCUT2D eigenvalue weighted by Gasteiger charge is 2.35. The molecule has 50 heavy (non-hydrogen) atoms. The molecule has 0 N–H and O–H groups in total. The SMILES string of the molecule is CC1(C)c2ccccc2-c2ccc(N(c3cccc(-c4ccc5ccccc5c4)c3)c3cccc4c3ccc3c5ccccc5ccc43)cc21. The Morgan fingerprint density at radius 2 is 0.980 bits per heavy atom. The lowest BCUT2D eigenvalue weighted by Crippen LogP contribution is -2.16. The molecule has 0 heterocycles. The zero-order valence-electron chi connectivity index (χ0n) is 28.2. The Bertz CT molecular complexity index is 2800. The molecule has 0 aliphatic heterocycles. The van der Waals surface area contributed by atoms with Crippen LogP contribution in [0.1, 0.15) is 25.0 Å². The van der Waals surface area contributed by atoms with Crippen molar-refractivity contribution < 1.29 is 0 Å². The van der Waals surface area contributed by atoms with E-state index >= 15 is 0 Å². The Morgan fingerprint density at radius 1 is 0.360 bits per heavy atom. The van der Waals surface area contributed by atoms with Gasteiger partial charge in [0.05, 0.1) is 5.69 Å². The zero-order chi connectivity index (χ0) is 33.4. The van der Waals surface area contributed by atoms with Gasteiger partial charge in [-0.2, -0.15) is 0 Å². The van der Waals surface area contributed by atoms with Crippen LogP contribution in [0.15, 0.2) is 176 Å². The molecule has 1 heteroatoms. The number of anilines is 3. The molecule has 0 saturated heterocycles. The maximum Gasteiger partial charge on any atom is 0.0540 e. The number of fused-ring (bicyclic) bond motifs is 9. The molecule has 0 saturated carbocycles. The monoisotopic (exact) mass is 637 g/mol.